The molecule has 1 aromatic heterocycles. The van der Waals surface area contributed by atoms with E-state index >= 15 is 0 Å². The largest absolute Gasteiger partial charge is 0.390 e. The molecule has 0 radical (unpaired) electrons. The molecule has 1 unspecified atom stereocenters. The Bertz CT molecular complexity index is 444. The van der Waals surface area contributed by atoms with Crippen LogP contribution in [0.15, 0.2) is 22.5 Å². The lowest BCUT2D eigenvalue weighted by atomic mass is 10.1. The molecule has 0 aliphatic rings. The monoisotopic (exact) mass is 323 g/mol. The van der Waals surface area contributed by atoms with E-state index in [0.29, 0.717) is 6.54 Å². The molecule has 0 fully saturated rings. The maximum atomic E-state index is 12.1. The Morgan fingerprint density at radius 1 is 1.38 bits per heavy atom. The van der Waals surface area contributed by atoms with Crippen LogP contribution in [0.25, 0.3) is 0 Å². The van der Waals surface area contributed by atoms with Crippen molar-refractivity contribution in [1.29, 1.82) is 0 Å². The highest BCUT2D eigenvalue weighted by Crippen LogP contribution is 2.25. The second-order valence-corrected chi connectivity index (χ2v) is 5.69. The topological polar surface area (TPSA) is 56.7 Å². The summed E-state index contributed by atoms with van der Waals surface area (Å²) in [6, 6.07) is 3.62. The molecule has 0 amide bonds. The van der Waals surface area contributed by atoms with Crippen LogP contribution in [0.3, 0.4) is 0 Å². The van der Waals surface area contributed by atoms with E-state index in [-0.39, 0.29) is 19.0 Å². The highest BCUT2D eigenvalue weighted by atomic mass is 32.1. The van der Waals surface area contributed by atoms with Gasteiger partial charge in [-0.2, -0.15) is 13.2 Å². The molecule has 1 rings (SSSR count). The lowest BCUT2D eigenvalue weighted by Gasteiger charge is -2.20. The number of rotatable bonds is 6. The summed E-state index contributed by atoms with van der Waals surface area (Å²) >= 11 is 1.41. The molecular formula is C13H20F3N3OS. The normalized spacial score (nSPS) is 15.6. The molecule has 21 heavy (non-hydrogen) atoms. The van der Waals surface area contributed by atoms with E-state index in [2.05, 4.69) is 15.6 Å². The van der Waals surface area contributed by atoms with Gasteiger partial charge in [0.2, 0.25) is 0 Å². The fourth-order valence-corrected chi connectivity index (χ4v) is 2.34. The Kier molecular flexibility index (Phi) is 6.47. The van der Waals surface area contributed by atoms with Crippen LogP contribution in [-0.4, -0.2) is 36.9 Å². The van der Waals surface area contributed by atoms with Gasteiger partial charge in [-0.1, -0.05) is 6.07 Å². The van der Waals surface area contributed by atoms with Crippen LogP contribution in [0.5, 0.6) is 0 Å². The Balaban J connectivity index is 2.59. The standard InChI is InChI=1S/C13H20F3N3OS/c1-3-17-11(18-7-6-13(14,15)16)19-9-12(2,20)10-5-4-8-21-10/h4-5,8,20H,3,6-7,9H2,1-2H3,(H2,17,18,19). The van der Waals surface area contributed by atoms with E-state index < -0.39 is 18.2 Å². The minimum Gasteiger partial charge on any atom is -0.383 e. The number of thiophene rings is 1. The van der Waals surface area contributed by atoms with Crippen molar-refractivity contribution in [2.24, 2.45) is 4.99 Å². The molecule has 0 aliphatic heterocycles. The highest BCUT2D eigenvalue weighted by molar-refractivity contribution is 7.10. The van der Waals surface area contributed by atoms with Crippen molar-refractivity contribution in [2.75, 3.05) is 19.6 Å². The van der Waals surface area contributed by atoms with Crippen LogP contribution < -0.4 is 10.6 Å². The molecule has 3 N–H and O–H groups in total. The number of nitrogens with one attached hydrogen (secondary N) is 2. The van der Waals surface area contributed by atoms with Gasteiger partial charge in [-0.3, -0.25) is 0 Å². The van der Waals surface area contributed by atoms with Gasteiger partial charge in [-0.15, -0.1) is 11.3 Å². The fourth-order valence-electron chi connectivity index (χ4n) is 1.56. The van der Waals surface area contributed by atoms with Gasteiger partial charge in [0, 0.05) is 18.0 Å². The lowest BCUT2D eigenvalue weighted by Crippen LogP contribution is -2.40. The van der Waals surface area contributed by atoms with Crippen LogP contribution in [0, 0.1) is 0 Å². The summed E-state index contributed by atoms with van der Waals surface area (Å²) in [5.41, 5.74) is -1.14. The van der Waals surface area contributed by atoms with Crippen molar-refractivity contribution in [3.05, 3.63) is 22.4 Å². The van der Waals surface area contributed by atoms with E-state index in [1.54, 1.807) is 13.0 Å². The number of hydrogen-bond donors (Lipinski definition) is 3. The molecule has 0 bridgehead atoms. The molecule has 0 aliphatic carbocycles. The van der Waals surface area contributed by atoms with E-state index in [9.17, 15) is 18.3 Å². The number of aliphatic hydroxyl groups is 1. The highest BCUT2D eigenvalue weighted by Gasteiger charge is 2.27. The first kappa shape index (κ1) is 17.8. The summed E-state index contributed by atoms with van der Waals surface area (Å²) < 4.78 is 36.3. The van der Waals surface area contributed by atoms with Gasteiger partial charge in [-0.05, 0) is 25.3 Å². The summed E-state index contributed by atoms with van der Waals surface area (Å²) in [6.07, 6.45) is -5.13. The zero-order chi connectivity index (χ0) is 15.9. The predicted molar refractivity (Wildman–Crippen MR) is 78.5 cm³/mol. The third kappa shape index (κ3) is 6.81. The SMILES string of the molecule is CCNC(=NCC(C)(O)c1cccs1)NCCC(F)(F)F. The minimum atomic E-state index is -4.20. The Morgan fingerprint density at radius 3 is 2.62 bits per heavy atom. The van der Waals surface area contributed by atoms with Crippen LogP contribution in [-0.2, 0) is 5.60 Å². The fraction of sp³-hybridized carbons (Fsp3) is 0.615. The van der Waals surface area contributed by atoms with Crippen LogP contribution in [0.2, 0.25) is 0 Å². The van der Waals surface area contributed by atoms with E-state index in [0.717, 1.165) is 4.88 Å². The van der Waals surface area contributed by atoms with Gasteiger partial charge in [0.05, 0.1) is 13.0 Å². The van der Waals surface area contributed by atoms with E-state index in [1.807, 2.05) is 18.4 Å². The molecule has 1 aromatic rings. The molecule has 0 aromatic carbocycles. The van der Waals surface area contributed by atoms with Gasteiger partial charge >= 0.3 is 6.18 Å². The smallest absolute Gasteiger partial charge is 0.383 e. The molecule has 1 atom stereocenters. The third-order valence-corrected chi connectivity index (χ3v) is 3.77. The Morgan fingerprint density at radius 2 is 2.10 bits per heavy atom. The molecule has 1 heterocycles. The number of alkyl halides is 3. The number of hydrogen-bond acceptors (Lipinski definition) is 3. The summed E-state index contributed by atoms with van der Waals surface area (Å²) in [7, 11) is 0. The van der Waals surface area contributed by atoms with Crippen molar-refractivity contribution in [1.82, 2.24) is 10.6 Å². The summed E-state index contributed by atoms with van der Waals surface area (Å²) in [5.74, 6) is 0.263. The van der Waals surface area contributed by atoms with Crippen molar-refractivity contribution in [2.45, 2.75) is 32.0 Å². The maximum absolute atomic E-state index is 12.1. The van der Waals surface area contributed by atoms with E-state index in [1.165, 1.54) is 11.3 Å². The molecule has 120 valence electrons. The van der Waals surface area contributed by atoms with Crippen LogP contribution in [0.1, 0.15) is 25.1 Å². The van der Waals surface area contributed by atoms with Gasteiger partial charge in [-0.25, -0.2) is 4.99 Å². The molecule has 0 saturated heterocycles. The second-order valence-electron chi connectivity index (χ2n) is 4.74. The number of aliphatic imine (C=N–C) groups is 1. The number of halogens is 3. The zero-order valence-electron chi connectivity index (χ0n) is 12.0. The summed E-state index contributed by atoms with van der Waals surface area (Å²) in [6.45, 7) is 3.78. The average molecular weight is 323 g/mol. The molecule has 0 saturated carbocycles. The summed E-state index contributed by atoms with van der Waals surface area (Å²) in [4.78, 5) is 4.91. The third-order valence-electron chi connectivity index (χ3n) is 2.64. The zero-order valence-corrected chi connectivity index (χ0v) is 12.8. The van der Waals surface area contributed by atoms with Crippen molar-refractivity contribution < 1.29 is 18.3 Å². The maximum Gasteiger partial charge on any atom is 0.390 e. The molecule has 4 nitrogen and oxygen atoms in total. The molecule has 8 heteroatoms. The Hall–Kier alpha value is -1.28. The van der Waals surface area contributed by atoms with Crippen LogP contribution >= 0.6 is 11.3 Å². The number of guanidine groups is 1. The first-order chi connectivity index (χ1) is 9.74. The predicted octanol–water partition coefficient (Wildman–Crippen LogP) is 2.46. The second kappa shape index (κ2) is 7.65. The summed E-state index contributed by atoms with van der Waals surface area (Å²) in [5, 5.41) is 17.6. The van der Waals surface area contributed by atoms with Gasteiger partial charge in [0.15, 0.2) is 5.96 Å². The molecule has 0 spiro atoms. The lowest BCUT2D eigenvalue weighted by molar-refractivity contribution is -0.132. The van der Waals surface area contributed by atoms with E-state index in [4.69, 9.17) is 0 Å². The van der Waals surface area contributed by atoms with Gasteiger partial charge in [0.25, 0.3) is 0 Å². The van der Waals surface area contributed by atoms with Crippen molar-refractivity contribution >= 4 is 17.3 Å². The first-order valence-corrected chi connectivity index (χ1v) is 7.48. The van der Waals surface area contributed by atoms with Crippen LogP contribution in [0.4, 0.5) is 13.2 Å². The van der Waals surface area contributed by atoms with Crippen molar-refractivity contribution in [3.63, 3.8) is 0 Å². The van der Waals surface area contributed by atoms with Gasteiger partial charge in [0.1, 0.15) is 5.60 Å². The number of nitrogens with zero attached hydrogens (tertiary/aromatic N) is 1. The first-order valence-electron chi connectivity index (χ1n) is 6.60. The minimum absolute atomic E-state index is 0.0643. The quantitative estimate of drug-likeness (QED) is 0.557. The Labute approximate surface area is 126 Å². The van der Waals surface area contributed by atoms with Gasteiger partial charge < -0.3 is 15.7 Å². The van der Waals surface area contributed by atoms with Crippen molar-refractivity contribution in [3.8, 4) is 0 Å². The molecular weight excluding hydrogens is 303 g/mol. The average Bonchev–Trinajstić information content (AvgIpc) is 2.89.